The zero-order valence-electron chi connectivity index (χ0n) is 16.7. The fourth-order valence-electron chi connectivity index (χ4n) is 4.66. The van der Waals surface area contributed by atoms with Crippen LogP contribution in [-0.2, 0) is 6.42 Å². The maximum atomic E-state index is 13.0. The topological polar surface area (TPSA) is 35.6 Å². The fraction of sp³-hybridized carbons (Fsp3) is 0.435. The molecule has 0 aliphatic carbocycles. The third kappa shape index (κ3) is 3.91. The summed E-state index contributed by atoms with van der Waals surface area (Å²) in [6.07, 6.45) is 6.26. The van der Waals surface area contributed by atoms with Gasteiger partial charge in [-0.25, -0.2) is 4.79 Å². The second kappa shape index (κ2) is 8.58. The summed E-state index contributed by atoms with van der Waals surface area (Å²) in [6, 6.07) is 20.4. The molecule has 2 aliphatic heterocycles. The van der Waals surface area contributed by atoms with Gasteiger partial charge in [-0.2, -0.15) is 0 Å². The van der Waals surface area contributed by atoms with E-state index in [1.54, 1.807) is 11.9 Å². The highest BCUT2D eigenvalue weighted by Crippen LogP contribution is 2.32. The van der Waals surface area contributed by atoms with Crippen molar-refractivity contribution in [3.63, 3.8) is 0 Å². The molecule has 2 aromatic rings. The summed E-state index contributed by atoms with van der Waals surface area (Å²) in [5.41, 5.74) is 3.77. The SMILES string of the molecule is CSNC1CCC2CCN(C)C(=O)N2C1Cc1cccc(-c2ccccc2)c1. The molecule has 2 fully saturated rings. The van der Waals surface area contributed by atoms with Crippen LogP contribution >= 0.6 is 11.9 Å². The Morgan fingerprint density at radius 1 is 1.04 bits per heavy atom. The molecule has 3 atom stereocenters. The summed E-state index contributed by atoms with van der Waals surface area (Å²) in [5, 5.41) is 0. The van der Waals surface area contributed by atoms with Crippen LogP contribution in [0.2, 0.25) is 0 Å². The van der Waals surface area contributed by atoms with Gasteiger partial charge < -0.3 is 9.80 Å². The number of carbonyl (C=O) groups excluding carboxylic acids is 1. The van der Waals surface area contributed by atoms with E-state index in [0.29, 0.717) is 12.1 Å². The van der Waals surface area contributed by atoms with E-state index < -0.39 is 0 Å². The third-order valence-corrected chi connectivity index (χ3v) is 6.66. The summed E-state index contributed by atoms with van der Waals surface area (Å²) in [4.78, 5) is 17.1. The Bertz CT molecular complexity index is 813. The predicted octanol–water partition coefficient (Wildman–Crippen LogP) is 4.42. The molecule has 0 spiro atoms. The van der Waals surface area contributed by atoms with E-state index in [-0.39, 0.29) is 12.1 Å². The monoisotopic (exact) mass is 395 g/mol. The normalized spacial score (nSPS) is 24.9. The van der Waals surface area contributed by atoms with Crippen LogP contribution in [0.3, 0.4) is 0 Å². The molecule has 4 rings (SSSR count). The largest absolute Gasteiger partial charge is 0.328 e. The van der Waals surface area contributed by atoms with Crippen LogP contribution in [0.1, 0.15) is 24.8 Å². The lowest BCUT2D eigenvalue weighted by Gasteiger charge is -2.50. The Labute approximate surface area is 172 Å². The summed E-state index contributed by atoms with van der Waals surface area (Å²) in [7, 11) is 1.93. The van der Waals surface area contributed by atoms with Gasteiger partial charge in [-0.3, -0.25) is 4.72 Å². The molecule has 2 aromatic carbocycles. The van der Waals surface area contributed by atoms with Crippen molar-refractivity contribution in [2.75, 3.05) is 19.8 Å². The van der Waals surface area contributed by atoms with Gasteiger partial charge >= 0.3 is 6.03 Å². The van der Waals surface area contributed by atoms with Gasteiger partial charge in [-0.05, 0) is 48.6 Å². The molecule has 3 unspecified atom stereocenters. The Morgan fingerprint density at radius 3 is 2.61 bits per heavy atom. The van der Waals surface area contributed by atoms with E-state index in [2.05, 4.69) is 64.4 Å². The van der Waals surface area contributed by atoms with Crippen LogP contribution in [0.4, 0.5) is 4.79 Å². The van der Waals surface area contributed by atoms with Gasteiger partial charge in [0.15, 0.2) is 0 Å². The quantitative estimate of drug-likeness (QED) is 0.761. The molecule has 0 radical (unpaired) electrons. The van der Waals surface area contributed by atoms with Crippen molar-refractivity contribution in [3.8, 4) is 11.1 Å². The molecule has 0 bridgehead atoms. The lowest BCUT2D eigenvalue weighted by atomic mass is 9.85. The summed E-state index contributed by atoms with van der Waals surface area (Å²) in [6.45, 7) is 0.872. The highest BCUT2D eigenvalue weighted by molar-refractivity contribution is 7.96. The van der Waals surface area contributed by atoms with E-state index in [4.69, 9.17) is 0 Å². The molecule has 2 saturated heterocycles. The molecule has 5 heteroatoms. The predicted molar refractivity (Wildman–Crippen MR) is 117 cm³/mol. The maximum absolute atomic E-state index is 13.0. The minimum Gasteiger partial charge on any atom is -0.328 e. The second-order valence-electron chi connectivity index (χ2n) is 7.90. The number of urea groups is 1. The van der Waals surface area contributed by atoms with Crippen LogP contribution < -0.4 is 4.72 Å². The van der Waals surface area contributed by atoms with Gasteiger partial charge in [-0.15, -0.1) is 0 Å². The maximum Gasteiger partial charge on any atom is 0.320 e. The van der Waals surface area contributed by atoms with Crippen molar-refractivity contribution >= 4 is 18.0 Å². The smallest absolute Gasteiger partial charge is 0.320 e. The summed E-state index contributed by atoms with van der Waals surface area (Å²) < 4.78 is 3.57. The van der Waals surface area contributed by atoms with Gasteiger partial charge in [-0.1, -0.05) is 66.5 Å². The Balaban J connectivity index is 1.62. The number of amides is 2. The van der Waals surface area contributed by atoms with Gasteiger partial charge in [0.05, 0.1) is 6.04 Å². The van der Waals surface area contributed by atoms with E-state index in [1.165, 1.54) is 16.7 Å². The number of nitrogens with one attached hydrogen (secondary N) is 1. The lowest BCUT2D eigenvalue weighted by molar-refractivity contribution is 0.0423. The van der Waals surface area contributed by atoms with Gasteiger partial charge in [0.2, 0.25) is 0 Å². The molecule has 2 amide bonds. The van der Waals surface area contributed by atoms with E-state index in [1.807, 2.05) is 18.0 Å². The van der Waals surface area contributed by atoms with Crippen molar-refractivity contribution in [2.24, 2.45) is 0 Å². The average molecular weight is 396 g/mol. The number of fused-ring (bicyclic) bond motifs is 1. The van der Waals surface area contributed by atoms with Crippen LogP contribution in [0, 0.1) is 0 Å². The molecule has 4 nitrogen and oxygen atoms in total. The molecular weight excluding hydrogens is 366 g/mol. The Hall–Kier alpha value is -1.98. The average Bonchev–Trinajstić information content (AvgIpc) is 2.73. The van der Waals surface area contributed by atoms with Crippen LogP contribution in [-0.4, -0.2) is 53.8 Å². The van der Waals surface area contributed by atoms with Crippen LogP contribution in [0.5, 0.6) is 0 Å². The Kier molecular flexibility index (Phi) is 5.93. The number of hydrogen-bond donors (Lipinski definition) is 1. The van der Waals surface area contributed by atoms with Crippen molar-refractivity contribution in [1.29, 1.82) is 0 Å². The molecule has 148 valence electrons. The first-order valence-electron chi connectivity index (χ1n) is 10.1. The third-order valence-electron chi connectivity index (χ3n) is 6.12. The minimum absolute atomic E-state index is 0.187. The first kappa shape index (κ1) is 19.3. The molecule has 2 aliphatic rings. The minimum atomic E-state index is 0.187. The van der Waals surface area contributed by atoms with Gasteiger partial charge in [0, 0.05) is 25.7 Å². The van der Waals surface area contributed by atoms with E-state index in [0.717, 1.165) is 32.2 Å². The highest BCUT2D eigenvalue weighted by atomic mass is 32.2. The van der Waals surface area contributed by atoms with Crippen LogP contribution in [0.15, 0.2) is 54.6 Å². The van der Waals surface area contributed by atoms with E-state index >= 15 is 0 Å². The molecular formula is C23H29N3OS. The number of carbonyl (C=O) groups is 1. The fourth-order valence-corrected chi connectivity index (χ4v) is 5.24. The molecule has 0 aromatic heterocycles. The van der Waals surface area contributed by atoms with Gasteiger partial charge in [0.1, 0.15) is 0 Å². The van der Waals surface area contributed by atoms with E-state index in [9.17, 15) is 4.79 Å². The standard InChI is InChI=1S/C23H29N3OS/c1-25-14-13-20-11-12-21(24-28-2)22(26(20)23(25)27)16-17-7-6-10-19(15-17)18-8-4-3-5-9-18/h3-10,15,20-22,24H,11-14,16H2,1-2H3. The number of benzene rings is 2. The van der Waals surface area contributed by atoms with Crippen LogP contribution in [0.25, 0.3) is 11.1 Å². The number of rotatable bonds is 5. The number of piperidine rings is 1. The summed E-state index contributed by atoms with van der Waals surface area (Å²) >= 11 is 1.66. The lowest BCUT2D eigenvalue weighted by Crippen LogP contribution is -2.64. The number of nitrogens with zero attached hydrogens (tertiary/aromatic N) is 2. The highest BCUT2D eigenvalue weighted by Gasteiger charge is 2.43. The molecule has 0 saturated carbocycles. The first-order valence-corrected chi connectivity index (χ1v) is 11.4. The molecule has 28 heavy (non-hydrogen) atoms. The first-order chi connectivity index (χ1) is 13.7. The second-order valence-corrected chi connectivity index (χ2v) is 8.54. The zero-order chi connectivity index (χ0) is 19.5. The molecule has 1 N–H and O–H groups in total. The zero-order valence-corrected chi connectivity index (χ0v) is 17.5. The number of hydrogen-bond acceptors (Lipinski definition) is 3. The van der Waals surface area contributed by atoms with Crippen molar-refractivity contribution in [2.45, 2.75) is 43.8 Å². The van der Waals surface area contributed by atoms with Crippen molar-refractivity contribution < 1.29 is 4.79 Å². The van der Waals surface area contributed by atoms with Gasteiger partial charge in [0.25, 0.3) is 0 Å². The summed E-state index contributed by atoms with van der Waals surface area (Å²) in [5.74, 6) is 0. The Morgan fingerprint density at radius 2 is 1.82 bits per heavy atom. The van der Waals surface area contributed by atoms with Crippen molar-refractivity contribution in [3.05, 3.63) is 60.2 Å². The molecule has 2 heterocycles. The van der Waals surface area contributed by atoms with Crippen molar-refractivity contribution in [1.82, 2.24) is 14.5 Å².